The van der Waals surface area contributed by atoms with E-state index in [0.717, 1.165) is 13.1 Å². The van der Waals surface area contributed by atoms with Crippen molar-refractivity contribution in [1.29, 1.82) is 0 Å². The average molecular weight is 272 g/mol. The summed E-state index contributed by atoms with van der Waals surface area (Å²) in [6, 6.07) is 4.04. The molecule has 2 heterocycles. The lowest BCUT2D eigenvalue weighted by Gasteiger charge is -2.00. The van der Waals surface area contributed by atoms with E-state index in [-0.39, 0.29) is 0 Å². The number of hydrogen-bond acceptors (Lipinski definition) is 3. The summed E-state index contributed by atoms with van der Waals surface area (Å²) in [5.74, 6) is 0. The van der Waals surface area contributed by atoms with Gasteiger partial charge in [0.2, 0.25) is 0 Å². The van der Waals surface area contributed by atoms with Crippen LogP contribution < -0.4 is 5.32 Å². The van der Waals surface area contributed by atoms with Crippen molar-refractivity contribution < 1.29 is 4.42 Å². The Hall–Kier alpha value is -0.580. The first kappa shape index (κ1) is 9.96. The quantitative estimate of drug-likeness (QED) is 0.922. The fourth-order valence-corrected chi connectivity index (χ4v) is 2.63. The van der Waals surface area contributed by atoms with Crippen LogP contribution in [0.2, 0.25) is 0 Å². The molecule has 0 saturated carbocycles. The second-order valence-electron chi connectivity index (χ2n) is 2.93. The van der Waals surface area contributed by atoms with Crippen LogP contribution in [0.4, 0.5) is 0 Å². The van der Waals surface area contributed by atoms with Gasteiger partial charge in [-0.25, -0.2) is 0 Å². The van der Waals surface area contributed by atoms with Crippen molar-refractivity contribution in [3.8, 4) is 0 Å². The second kappa shape index (κ2) is 4.77. The summed E-state index contributed by atoms with van der Waals surface area (Å²) < 4.78 is 6.16. The summed E-state index contributed by atoms with van der Waals surface area (Å²) >= 11 is 5.25. The molecule has 2 aromatic rings. The van der Waals surface area contributed by atoms with Gasteiger partial charge >= 0.3 is 0 Å². The third kappa shape index (κ3) is 2.47. The maximum absolute atomic E-state index is 4.98. The summed E-state index contributed by atoms with van der Waals surface area (Å²) in [6.45, 7) is 1.74. The Balaban J connectivity index is 1.81. The zero-order valence-corrected chi connectivity index (χ0v) is 9.90. The van der Waals surface area contributed by atoms with Crippen molar-refractivity contribution in [1.82, 2.24) is 5.32 Å². The van der Waals surface area contributed by atoms with E-state index < -0.39 is 0 Å². The minimum atomic E-state index is 0.848. The molecule has 0 fully saturated rings. The number of thiophene rings is 1. The largest absolute Gasteiger partial charge is 0.472 e. The first-order valence-electron chi connectivity index (χ1n) is 4.30. The third-order valence-corrected chi connectivity index (χ3v) is 3.81. The molecule has 14 heavy (non-hydrogen) atoms. The Labute approximate surface area is 95.1 Å². The van der Waals surface area contributed by atoms with E-state index >= 15 is 0 Å². The van der Waals surface area contributed by atoms with Crippen LogP contribution in [0.15, 0.2) is 38.9 Å². The Morgan fingerprint density at radius 1 is 1.36 bits per heavy atom. The van der Waals surface area contributed by atoms with Gasteiger partial charge in [-0.05, 0) is 33.4 Å². The highest BCUT2D eigenvalue weighted by atomic mass is 79.9. The Kier molecular flexibility index (Phi) is 3.39. The molecule has 0 radical (unpaired) electrons. The predicted octanol–water partition coefficient (Wildman–Crippen LogP) is 3.39. The smallest absolute Gasteiger partial charge is 0.0947 e. The maximum Gasteiger partial charge on any atom is 0.0947 e. The molecule has 0 amide bonds. The normalized spacial score (nSPS) is 10.6. The highest BCUT2D eigenvalue weighted by molar-refractivity contribution is 9.10. The summed E-state index contributed by atoms with van der Waals surface area (Å²) in [4.78, 5) is 1.33. The van der Waals surface area contributed by atoms with E-state index in [2.05, 4.69) is 32.7 Å². The van der Waals surface area contributed by atoms with Gasteiger partial charge in [-0.15, -0.1) is 11.3 Å². The number of furan rings is 1. The Bertz CT molecular complexity index is 382. The van der Waals surface area contributed by atoms with Crippen LogP contribution in [0.5, 0.6) is 0 Å². The van der Waals surface area contributed by atoms with E-state index in [0.29, 0.717) is 0 Å². The topological polar surface area (TPSA) is 25.2 Å². The van der Waals surface area contributed by atoms with Crippen LogP contribution in [0.1, 0.15) is 10.4 Å². The molecule has 0 aliphatic carbocycles. The molecule has 0 aliphatic heterocycles. The fourth-order valence-electron chi connectivity index (χ4n) is 1.16. The lowest BCUT2D eigenvalue weighted by atomic mass is 10.3. The van der Waals surface area contributed by atoms with Gasteiger partial charge in [0, 0.05) is 28.0 Å². The molecule has 2 rings (SSSR count). The van der Waals surface area contributed by atoms with Crippen LogP contribution in [-0.2, 0) is 13.1 Å². The summed E-state index contributed by atoms with van der Waals surface area (Å²) in [5.41, 5.74) is 1.18. The molecule has 0 aliphatic rings. The molecule has 2 nitrogen and oxygen atoms in total. The molecule has 4 heteroatoms. The molecule has 0 atom stereocenters. The maximum atomic E-state index is 4.98. The third-order valence-electron chi connectivity index (χ3n) is 1.89. The van der Waals surface area contributed by atoms with Crippen LogP contribution in [-0.4, -0.2) is 0 Å². The van der Waals surface area contributed by atoms with Crippen molar-refractivity contribution in [2.75, 3.05) is 0 Å². The summed E-state index contributed by atoms with van der Waals surface area (Å²) in [6.07, 6.45) is 3.45. The highest BCUT2D eigenvalue weighted by Gasteiger charge is 2.00. The van der Waals surface area contributed by atoms with Crippen LogP contribution >= 0.6 is 27.3 Å². The zero-order valence-electron chi connectivity index (χ0n) is 7.50. The van der Waals surface area contributed by atoms with E-state index in [1.807, 2.05) is 6.07 Å². The number of nitrogens with one attached hydrogen (secondary N) is 1. The van der Waals surface area contributed by atoms with E-state index in [1.54, 1.807) is 23.9 Å². The zero-order chi connectivity index (χ0) is 9.80. The molecule has 0 spiro atoms. The van der Waals surface area contributed by atoms with E-state index in [4.69, 9.17) is 4.42 Å². The molecule has 1 N–H and O–H groups in total. The molecule has 74 valence electrons. The van der Waals surface area contributed by atoms with Crippen LogP contribution in [0.3, 0.4) is 0 Å². The molecule has 2 aromatic heterocycles. The van der Waals surface area contributed by atoms with Crippen LogP contribution in [0, 0.1) is 0 Å². The van der Waals surface area contributed by atoms with Crippen LogP contribution in [0.25, 0.3) is 0 Å². The average Bonchev–Trinajstić information content (AvgIpc) is 2.78. The summed E-state index contributed by atoms with van der Waals surface area (Å²) in [7, 11) is 0. The van der Waals surface area contributed by atoms with Crippen molar-refractivity contribution in [2.45, 2.75) is 13.1 Å². The van der Waals surface area contributed by atoms with Crippen molar-refractivity contribution in [2.24, 2.45) is 0 Å². The first-order valence-corrected chi connectivity index (χ1v) is 5.97. The Morgan fingerprint density at radius 2 is 2.29 bits per heavy atom. The van der Waals surface area contributed by atoms with Gasteiger partial charge in [0.15, 0.2) is 0 Å². The second-order valence-corrected chi connectivity index (χ2v) is 4.78. The van der Waals surface area contributed by atoms with Gasteiger partial charge in [-0.2, -0.15) is 0 Å². The van der Waals surface area contributed by atoms with Crippen molar-refractivity contribution in [3.63, 3.8) is 0 Å². The van der Waals surface area contributed by atoms with Gasteiger partial charge in [0.25, 0.3) is 0 Å². The number of hydrogen-bond donors (Lipinski definition) is 1. The number of rotatable bonds is 4. The molecule has 0 saturated heterocycles. The minimum Gasteiger partial charge on any atom is -0.472 e. The van der Waals surface area contributed by atoms with Crippen molar-refractivity contribution in [3.05, 3.63) is 45.0 Å². The van der Waals surface area contributed by atoms with Gasteiger partial charge in [-0.1, -0.05) is 0 Å². The summed E-state index contributed by atoms with van der Waals surface area (Å²) in [5, 5.41) is 5.43. The lowest BCUT2D eigenvalue weighted by Crippen LogP contribution is -2.11. The fraction of sp³-hybridized carbons (Fsp3) is 0.200. The molecule has 0 unspecified atom stereocenters. The highest BCUT2D eigenvalue weighted by Crippen LogP contribution is 2.22. The molecule has 0 aromatic carbocycles. The lowest BCUT2D eigenvalue weighted by molar-refractivity contribution is 0.560. The predicted molar refractivity (Wildman–Crippen MR) is 61.3 cm³/mol. The van der Waals surface area contributed by atoms with Crippen molar-refractivity contribution >= 4 is 27.3 Å². The van der Waals surface area contributed by atoms with Gasteiger partial charge in [-0.3, -0.25) is 0 Å². The number of halogens is 1. The van der Waals surface area contributed by atoms with Gasteiger partial charge in [0.1, 0.15) is 0 Å². The SMILES string of the molecule is Brc1ccsc1CNCc1ccoc1. The van der Waals surface area contributed by atoms with E-state index in [9.17, 15) is 0 Å². The monoisotopic (exact) mass is 271 g/mol. The minimum absolute atomic E-state index is 0.848. The molecular formula is C10H10BrNOS. The standard InChI is InChI=1S/C10H10BrNOS/c11-9-2-4-14-10(9)6-12-5-8-1-3-13-7-8/h1-4,7,12H,5-6H2. The van der Waals surface area contributed by atoms with Gasteiger partial charge in [0.05, 0.1) is 12.5 Å². The molecular weight excluding hydrogens is 262 g/mol. The first-order chi connectivity index (χ1) is 6.86. The molecule has 0 bridgehead atoms. The van der Waals surface area contributed by atoms with Gasteiger partial charge < -0.3 is 9.73 Å². The van der Waals surface area contributed by atoms with E-state index in [1.165, 1.54) is 14.9 Å². The Morgan fingerprint density at radius 3 is 2.93 bits per heavy atom.